The van der Waals surface area contributed by atoms with Crippen LogP contribution in [0.1, 0.15) is 48.0 Å². The summed E-state index contributed by atoms with van der Waals surface area (Å²) in [5.41, 5.74) is 4.34. The summed E-state index contributed by atoms with van der Waals surface area (Å²) in [4.78, 5) is 11.9. The van der Waals surface area contributed by atoms with Crippen LogP contribution in [0, 0.1) is 5.92 Å². The molecule has 2 unspecified atom stereocenters. The molecule has 36 heavy (non-hydrogen) atoms. The van der Waals surface area contributed by atoms with Crippen LogP contribution >= 0.6 is 0 Å². The topological polar surface area (TPSA) is 89.1 Å². The second kappa shape index (κ2) is 8.48. The number of phenolic OH excluding ortho intramolecular Hbond substituents is 2. The lowest BCUT2D eigenvalue weighted by atomic mass is 9.63. The normalized spacial score (nSPS) is 22.8. The SMILES string of the molecule is COc1cc(O)ccc1C1CC(C)=CC2c3cc4ccc(=O)oc4cc3O[C@H](c3ccc(O)cc3)[C@H]21. The van der Waals surface area contributed by atoms with E-state index in [0.717, 1.165) is 28.5 Å². The van der Waals surface area contributed by atoms with Crippen LogP contribution in [0.4, 0.5) is 0 Å². The molecular weight excluding hydrogens is 456 g/mol. The molecule has 6 rings (SSSR count). The molecule has 0 saturated carbocycles. The lowest BCUT2D eigenvalue weighted by molar-refractivity contribution is 0.0792. The van der Waals surface area contributed by atoms with Crippen LogP contribution in [0.3, 0.4) is 0 Å². The van der Waals surface area contributed by atoms with Gasteiger partial charge in [0, 0.05) is 41.0 Å². The lowest BCUT2D eigenvalue weighted by Gasteiger charge is -2.46. The van der Waals surface area contributed by atoms with Gasteiger partial charge < -0.3 is 24.1 Å². The van der Waals surface area contributed by atoms with Gasteiger partial charge in [-0.25, -0.2) is 4.79 Å². The zero-order valence-corrected chi connectivity index (χ0v) is 20.0. The van der Waals surface area contributed by atoms with Crippen molar-refractivity contribution in [3.8, 4) is 23.0 Å². The summed E-state index contributed by atoms with van der Waals surface area (Å²) in [5.74, 6) is 1.76. The van der Waals surface area contributed by atoms with Crippen LogP contribution in [-0.4, -0.2) is 17.3 Å². The Morgan fingerprint density at radius 2 is 1.69 bits per heavy atom. The molecule has 0 bridgehead atoms. The number of benzene rings is 3. The van der Waals surface area contributed by atoms with Gasteiger partial charge in [0.1, 0.15) is 34.7 Å². The molecule has 6 nitrogen and oxygen atoms in total. The fourth-order valence-electron chi connectivity index (χ4n) is 5.89. The van der Waals surface area contributed by atoms with E-state index in [1.165, 1.54) is 11.6 Å². The molecule has 2 heterocycles. The van der Waals surface area contributed by atoms with Gasteiger partial charge in [-0.2, -0.15) is 0 Å². The summed E-state index contributed by atoms with van der Waals surface area (Å²) < 4.78 is 17.8. The zero-order valence-electron chi connectivity index (χ0n) is 20.0. The molecule has 0 fully saturated rings. The van der Waals surface area contributed by atoms with Crippen molar-refractivity contribution in [1.82, 2.24) is 0 Å². The number of hydrogen-bond acceptors (Lipinski definition) is 6. The molecule has 0 amide bonds. The Morgan fingerprint density at radius 3 is 2.47 bits per heavy atom. The number of hydrogen-bond donors (Lipinski definition) is 2. The second-order valence-electron chi connectivity index (χ2n) is 9.67. The summed E-state index contributed by atoms with van der Waals surface area (Å²) in [7, 11) is 1.62. The van der Waals surface area contributed by atoms with Crippen molar-refractivity contribution in [2.75, 3.05) is 7.11 Å². The third-order valence-corrected chi connectivity index (χ3v) is 7.44. The maximum absolute atomic E-state index is 11.9. The minimum absolute atomic E-state index is 0.0114. The number of rotatable bonds is 3. The lowest BCUT2D eigenvalue weighted by Crippen LogP contribution is -2.36. The molecule has 1 aliphatic carbocycles. The quantitative estimate of drug-likeness (QED) is 0.268. The van der Waals surface area contributed by atoms with Crippen LogP contribution in [-0.2, 0) is 0 Å². The van der Waals surface area contributed by atoms with Gasteiger partial charge in [-0.3, -0.25) is 0 Å². The van der Waals surface area contributed by atoms with Gasteiger partial charge in [-0.05, 0) is 60.7 Å². The van der Waals surface area contributed by atoms with Gasteiger partial charge in [-0.1, -0.05) is 29.8 Å². The minimum Gasteiger partial charge on any atom is -0.508 e. The van der Waals surface area contributed by atoms with Crippen molar-refractivity contribution in [2.45, 2.75) is 31.3 Å². The minimum atomic E-state index is -0.404. The van der Waals surface area contributed by atoms with E-state index in [9.17, 15) is 15.0 Å². The van der Waals surface area contributed by atoms with Crippen molar-refractivity contribution >= 4 is 11.0 Å². The van der Waals surface area contributed by atoms with Crippen molar-refractivity contribution < 1.29 is 24.1 Å². The molecule has 2 N–H and O–H groups in total. The maximum Gasteiger partial charge on any atom is 0.336 e. The number of phenols is 2. The van der Waals surface area contributed by atoms with Gasteiger partial charge in [-0.15, -0.1) is 0 Å². The highest BCUT2D eigenvalue weighted by Crippen LogP contribution is 2.58. The van der Waals surface area contributed by atoms with E-state index in [4.69, 9.17) is 13.9 Å². The molecule has 0 saturated heterocycles. The van der Waals surface area contributed by atoms with E-state index >= 15 is 0 Å². The Morgan fingerprint density at radius 1 is 0.917 bits per heavy atom. The number of methoxy groups -OCH3 is 1. The van der Waals surface area contributed by atoms with Crippen LogP contribution in [0.5, 0.6) is 23.0 Å². The summed E-state index contributed by atoms with van der Waals surface area (Å²) in [6, 6.07) is 19.5. The molecule has 6 heteroatoms. The largest absolute Gasteiger partial charge is 0.508 e. The van der Waals surface area contributed by atoms with Gasteiger partial charge in [0.05, 0.1) is 7.11 Å². The molecule has 4 atom stereocenters. The summed E-state index contributed by atoms with van der Waals surface area (Å²) in [6.07, 6.45) is 2.80. The van der Waals surface area contributed by atoms with E-state index in [2.05, 4.69) is 19.1 Å². The van der Waals surface area contributed by atoms with Crippen LogP contribution in [0.15, 0.2) is 87.6 Å². The highest BCUT2D eigenvalue weighted by molar-refractivity contribution is 5.80. The first-order valence-electron chi connectivity index (χ1n) is 12.0. The number of fused-ring (bicyclic) bond motifs is 4. The van der Waals surface area contributed by atoms with E-state index < -0.39 is 5.63 Å². The van der Waals surface area contributed by atoms with Crippen molar-refractivity contribution in [3.05, 3.63) is 105 Å². The average molecular weight is 483 g/mol. The standard InChI is InChI=1S/C30H26O6/c1-16-11-23(21-9-8-20(32)14-26(21)34-2)29-24(12-16)22-13-18-5-10-28(33)35-25(18)15-27(22)36-30(29)17-3-6-19(31)7-4-17/h3-10,12-15,23-24,29-32H,11H2,1-2H3/t23?,24?,29-,30+/m0/s1. The summed E-state index contributed by atoms with van der Waals surface area (Å²) in [6.45, 7) is 2.14. The summed E-state index contributed by atoms with van der Waals surface area (Å²) >= 11 is 0. The van der Waals surface area contributed by atoms with Gasteiger partial charge in [0.2, 0.25) is 0 Å². The Hall–Kier alpha value is -4.19. The Bertz CT molecular complexity index is 1550. The third-order valence-electron chi connectivity index (χ3n) is 7.44. The molecule has 4 aromatic rings. The van der Waals surface area contributed by atoms with E-state index in [0.29, 0.717) is 17.1 Å². The Labute approximate surface area is 208 Å². The highest BCUT2D eigenvalue weighted by atomic mass is 16.5. The first-order valence-corrected chi connectivity index (χ1v) is 12.0. The smallest absolute Gasteiger partial charge is 0.336 e. The van der Waals surface area contributed by atoms with Crippen LogP contribution < -0.4 is 15.1 Å². The molecule has 0 spiro atoms. The van der Waals surface area contributed by atoms with E-state index in [1.807, 2.05) is 24.3 Å². The summed E-state index contributed by atoms with van der Waals surface area (Å²) in [5, 5.41) is 20.8. The fourth-order valence-corrected chi connectivity index (χ4v) is 5.89. The molecule has 182 valence electrons. The van der Waals surface area contributed by atoms with Crippen LogP contribution in [0.25, 0.3) is 11.0 Å². The van der Waals surface area contributed by atoms with Crippen molar-refractivity contribution in [3.63, 3.8) is 0 Å². The number of allylic oxidation sites excluding steroid dienone is 2. The first kappa shape index (κ1) is 22.3. The van der Waals surface area contributed by atoms with Gasteiger partial charge in [0.15, 0.2) is 0 Å². The monoisotopic (exact) mass is 482 g/mol. The Kier molecular flexibility index (Phi) is 5.25. The van der Waals surface area contributed by atoms with Gasteiger partial charge in [0.25, 0.3) is 0 Å². The van der Waals surface area contributed by atoms with E-state index in [1.54, 1.807) is 37.4 Å². The second-order valence-corrected chi connectivity index (χ2v) is 9.67. The van der Waals surface area contributed by atoms with Crippen molar-refractivity contribution in [2.24, 2.45) is 5.92 Å². The predicted molar refractivity (Wildman–Crippen MR) is 136 cm³/mol. The fraction of sp³-hybridized carbons (Fsp3) is 0.233. The number of aromatic hydroxyl groups is 2. The Balaban J connectivity index is 1.58. The third kappa shape index (κ3) is 3.70. The zero-order chi connectivity index (χ0) is 25.0. The molecule has 1 aliphatic heterocycles. The first-order chi connectivity index (χ1) is 17.4. The molecule has 3 aromatic carbocycles. The molecule has 1 aromatic heterocycles. The predicted octanol–water partition coefficient (Wildman–Crippen LogP) is 6.18. The number of ether oxygens (including phenoxy) is 2. The maximum atomic E-state index is 11.9. The van der Waals surface area contributed by atoms with Crippen molar-refractivity contribution in [1.29, 1.82) is 0 Å². The average Bonchev–Trinajstić information content (AvgIpc) is 2.87. The van der Waals surface area contributed by atoms with Crippen LogP contribution in [0.2, 0.25) is 0 Å². The van der Waals surface area contributed by atoms with E-state index in [-0.39, 0.29) is 35.4 Å². The highest BCUT2D eigenvalue weighted by Gasteiger charge is 2.46. The van der Waals surface area contributed by atoms with Gasteiger partial charge >= 0.3 is 5.63 Å². The molecule has 0 radical (unpaired) electrons. The molecule has 2 aliphatic rings. The molecular formula is C30H26O6.